The lowest BCUT2D eigenvalue weighted by Gasteiger charge is -2.44. The Morgan fingerprint density at radius 1 is 1.04 bits per heavy atom. The number of nitrogens with one attached hydrogen (secondary N) is 1. The minimum atomic E-state index is -3.16. The highest BCUT2D eigenvalue weighted by Crippen LogP contribution is 2.43. The fourth-order valence-corrected chi connectivity index (χ4v) is 6.44. The van der Waals surface area contributed by atoms with Crippen LogP contribution in [0.1, 0.15) is 91.0 Å². The van der Waals surface area contributed by atoms with Gasteiger partial charge in [0.2, 0.25) is 5.92 Å². The van der Waals surface area contributed by atoms with Crippen LogP contribution in [0.15, 0.2) is 17.0 Å². The maximum absolute atomic E-state index is 14.0. The molecule has 256 valence electrons. The summed E-state index contributed by atoms with van der Waals surface area (Å²) in [5, 5.41) is 25.0. The zero-order valence-corrected chi connectivity index (χ0v) is 25.1. The number of halogens is 6. The minimum absolute atomic E-state index is 0.00916. The number of aromatic nitrogens is 6. The number of carbonyl (C=O) groups is 2. The van der Waals surface area contributed by atoms with Crippen molar-refractivity contribution in [3.05, 3.63) is 35.2 Å². The van der Waals surface area contributed by atoms with Crippen molar-refractivity contribution < 1.29 is 50.4 Å². The van der Waals surface area contributed by atoms with Crippen molar-refractivity contribution >= 4 is 17.6 Å². The third-order valence-electron chi connectivity index (χ3n) is 9.22. The molecule has 3 aromatic rings. The van der Waals surface area contributed by atoms with E-state index in [9.17, 15) is 41.0 Å². The number of imidazole rings is 1. The van der Waals surface area contributed by atoms with Crippen molar-refractivity contribution in [1.29, 1.82) is 0 Å². The molecule has 3 aliphatic rings. The van der Waals surface area contributed by atoms with Crippen molar-refractivity contribution in [2.24, 2.45) is 5.92 Å². The number of nitrogens with zero attached hydrogens (tertiary/aromatic N) is 7. The summed E-state index contributed by atoms with van der Waals surface area (Å²) >= 11 is 0. The van der Waals surface area contributed by atoms with Crippen molar-refractivity contribution in [3.63, 3.8) is 0 Å². The SMILES string of the molecule is Cc1nonc1C(=O)N[C@H](c1cn2ncc([C@H]3C[C@](O)(C(F)F)CCN3C(=O)[C@@H]3CCC(F)(F)CO3)nc2n1)C1CCC(F)(F)CC1. The first-order chi connectivity index (χ1) is 22.1. The van der Waals surface area contributed by atoms with Gasteiger partial charge in [-0.2, -0.15) is 5.10 Å². The molecule has 2 saturated heterocycles. The van der Waals surface area contributed by atoms with Crippen LogP contribution in [0.3, 0.4) is 0 Å². The molecular formula is C28H32F6N8O5. The molecule has 0 radical (unpaired) electrons. The molecule has 1 saturated carbocycles. The fraction of sp³-hybridized carbons (Fsp3) is 0.679. The first-order valence-electron chi connectivity index (χ1n) is 15.2. The second kappa shape index (κ2) is 12.3. The summed E-state index contributed by atoms with van der Waals surface area (Å²) in [6, 6.07) is -2.13. The lowest BCUT2D eigenvalue weighted by molar-refractivity contribution is -0.182. The number of alkyl halides is 6. The number of ether oxygens (including phenoxy) is 1. The van der Waals surface area contributed by atoms with Crippen molar-refractivity contribution in [2.75, 3.05) is 13.2 Å². The molecule has 6 rings (SSSR count). The molecule has 5 heterocycles. The van der Waals surface area contributed by atoms with E-state index < -0.39 is 98.5 Å². The van der Waals surface area contributed by atoms with E-state index >= 15 is 0 Å². The number of aryl methyl sites for hydroxylation is 1. The zero-order chi connectivity index (χ0) is 33.7. The Kier molecular flexibility index (Phi) is 8.65. The molecular weight excluding hydrogens is 642 g/mol. The Morgan fingerprint density at radius 3 is 2.40 bits per heavy atom. The molecule has 4 atom stereocenters. The zero-order valence-electron chi connectivity index (χ0n) is 25.1. The van der Waals surface area contributed by atoms with E-state index in [0.29, 0.717) is 0 Å². The first-order valence-corrected chi connectivity index (χ1v) is 15.2. The van der Waals surface area contributed by atoms with Gasteiger partial charge in [0, 0.05) is 32.2 Å². The van der Waals surface area contributed by atoms with E-state index in [4.69, 9.17) is 4.74 Å². The number of fused-ring (bicyclic) bond motifs is 1. The molecule has 2 N–H and O–H groups in total. The van der Waals surface area contributed by atoms with Crippen LogP contribution in [-0.4, -0.2) is 94.8 Å². The first kappa shape index (κ1) is 33.0. The number of hydrogen-bond acceptors (Lipinski definition) is 10. The Hall–Kier alpha value is -3.87. The molecule has 13 nitrogen and oxygen atoms in total. The largest absolute Gasteiger partial charge is 0.384 e. The van der Waals surface area contributed by atoms with Gasteiger partial charge in [-0.05, 0) is 43.7 Å². The summed E-state index contributed by atoms with van der Waals surface area (Å²) in [6.45, 7) is 0.213. The van der Waals surface area contributed by atoms with Crippen LogP contribution in [0.2, 0.25) is 0 Å². The third-order valence-corrected chi connectivity index (χ3v) is 9.22. The van der Waals surface area contributed by atoms with Crippen LogP contribution in [0.25, 0.3) is 5.78 Å². The van der Waals surface area contributed by atoms with E-state index in [2.05, 4.69) is 35.3 Å². The molecule has 2 aliphatic heterocycles. The van der Waals surface area contributed by atoms with Crippen LogP contribution in [-0.2, 0) is 9.53 Å². The normalized spacial score (nSPS) is 27.2. The molecule has 3 aromatic heterocycles. The number of carbonyl (C=O) groups excluding carboxylic acids is 2. The molecule has 0 aromatic carbocycles. The van der Waals surface area contributed by atoms with E-state index in [1.165, 1.54) is 28.7 Å². The van der Waals surface area contributed by atoms with Gasteiger partial charge in [-0.1, -0.05) is 5.16 Å². The van der Waals surface area contributed by atoms with Gasteiger partial charge in [0.1, 0.15) is 24.0 Å². The molecule has 0 spiro atoms. The number of piperidine rings is 1. The van der Waals surface area contributed by atoms with Gasteiger partial charge in [-0.15, -0.1) is 0 Å². The van der Waals surface area contributed by atoms with E-state index in [1.807, 2.05) is 0 Å². The highest BCUT2D eigenvalue weighted by Gasteiger charge is 2.49. The standard InChI is InChI=1S/C28H32F6N8O5/c1-14-20(40-47-39-14)22(43)38-21(15-2-5-27(31,32)6-3-15)17-12-42-25(37-17)36-16(11-35-42)18-10-26(45,24(29)30)8-9-41(18)23(44)19-4-7-28(33,34)13-46-19/h11-12,15,18-19,21,24,45H,2-10,13H2,1H3,(H,38,43)/t18-,19+,21+,26+/m1/s1. The summed E-state index contributed by atoms with van der Waals surface area (Å²) < 4.78 is 94.3. The van der Waals surface area contributed by atoms with Gasteiger partial charge in [0.25, 0.3) is 29.9 Å². The maximum atomic E-state index is 14.0. The molecule has 2 amide bonds. The quantitative estimate of drug-likeness (QED) is 0.355. The van der Waals surface area contributed by atoms with E-state index in [-0.39, 0.29) is 54.4 Å². The predicted octanol–water partition coefficient (Wildman–Crippen LogP) is 3.59. The van der Waals surface area contributed by atoms with Crippen molar-refractivity contribution in [3.8, 4) is 0 Å². The van der Waals surface area contributed by atoms with Gasteiger partial charge < -0.3 is 20.1 Å². The lowest BCUT2D eigenvalue weighted by atomic mass is 9.81. The van der Waals surface area contributed by atoms with Gasteiger partial charge in [-0.3, -0.25) is 9.59 Å². The average Bonchev–Trinajstić information content (AvgIpc) is 3.65. The van der Waals surface area contributed by atoms with E-state index in [0.717, 1.165) is 0 Å². The van der Waals surface area contributed by atoms with Gasteiger partial charge >= 0.3 is 0 Å². The summed E-state index contributed by atoms with van der Waals surface area (Å²) in [6.07, 6.45) is -4.39. The van der Waals surface area contributed by atoms with Gasteiger partial charge in [-0.25, -0.2) is 45.5 Å². The van der Waals surface area contributed by atoms with Crippen molar-refractivity contribution in [2.45, 2.75) is 100 Å². The molecule has 0 bridgehead atoms. The van der Waals surface area contributed by atoms with Crippen LogP contribution in [0.4, 0.5) is 26.3 Å². The second-order valence-electron chi connectivity index (χ2n) is 12.5. The van der Waals surface area contributed by atoms with E-state index in [1.54, 1.807) is 0 Å². The average molecular weight is 675 g/mol. The summed E-state index contributed by atoms with van der Waals surface area (Å²) in [4.78, 5) is 36.6. The Bertz CT molecular complexity index is 1620. The predicted molar refractivity (Wildman–Crippen MR) is 145 cm³/mol. The van der Waals surface area contributed by atoms with Gasteiger partial charge in [0.05, 0.1) is 35.9 Å². The van der Waals surface area contributed by atoms with Crippen molar-refractivity contribution in [1.82, 2.24) is 40.1 Å². The maximum Gasteiger partial charge on any atom is 0.276 e. The van der Waals surface area contributed by atoms with Gasteiger partial charge in [0.15, 0.2) is 5.69 Å². The number of amides is 2. The molecule has 47 heavy (non-hydrogen) atoms. The van der Waals surface area contributed by atoms with Crippen LogP contribution < -0.4 is 5.32 Å². The highest BCUT2D eigenvalue weighted by molar-refractivity contribution is 5.93. The second-order valence-corrected chi connectivity index (χ2v) is 12.5. The Balaban J connectivity index is 1.31. The highest BCUT2D eigenvalue weighted by atomic mass is 19.3. The minimum Gasteiger partial charge on any atom is -0.384 e. The molecule has 0 unspecified atom stereocenters. The smallest absolute Gasteiger partial charge is 0.276 e. The number of rotatable bonds is 7. The molecule has 1 aliphatic carbocycles. The summed E-state index contributed by atoms with van der Waals surface area (Å²) in [5.74, 6) is -7.84. The summed E-state index contributed by atoms with van der Waals surface area (Å²) in [5.41, 5.74) is -2.15. The topological polar surface area (TPSA) is 161 Å². The number of likely N-dealkylation sites (tertiary alicyclic amines) is 1. The summed E-state index contributed by atoms with van der Waals surface area (Å²) in [7, 11) is 0. The van der Waals surface area contributed by atoms with Crippen LogP contribution in [0, 0.1) is 12.8 Å². The van der Waals surface area contributed by atoms with Crippen LogP contribution >= 0.6 is 0 Å². The third kappa shape index (κ3) is 6.77. The fourth-order valence-electron chi connectivity index (χ4n) is 6.44. The lowest BCUT2D eigenvalue weighted by Crippen LogP contribution is -2.55. The Labute approximate surface area is 263 Å². The molecule has 3 fully saturated rings. The number of hydrogen-bond donors (Lipinski definition) is 2. The number of aliphatic hydroxyl groups is 1. The Morgan fingerprint density at radius 2 is 1.77 bits per heavy atom. The monoisotopic (exact) mass is 674 g/mol. The molecule has 19 heteroatoms. The van der Waals surface area contributed by atoms with Crippen LogP contribution in [0.5, 0.6) is 0 Å².